The van der Waals surface area contributed by atoms with Crippen LogP contribution in [-0.2, 0) is 11.2 Å². The maximum Gasteiger partial charge on any atom is 0.271 e. The summed E-state index contributed by atoms with van der Waals surface area (Å²) in [5, 5.41) is 1.43. The minimum absolute atomic E-state index is 0.0143. The van der Waals surface area contributed by atoms with E-state index in [0.29, 0.717) is 20.6 Å². The van der Waals surface area contributed by atoms with Crippen LogP contribution in [0.2, 0.25) is 20.1 Å². The summed E-state index contributed by atoms with van der Waals surface area (Å²) in [6, 6.07) is 9.26. The van der Waals surface area contributed by atoms with E-state index in [-0.39, 0.29) is 17.0 Å². The summed E-state index contributed by atoms with van der Waals surface area (Å²) in [4.78, 5) is 23.8. The van der Waals surface area contributed by atoms with Crippen LogP contribution in [0.25, 0.3) is 0 Å². The molecule has 0 spiro atoms. The number of hydrogen-bond donors (Lipinski definition) is 2. The lowest BCUT2D eigenvalue weighted by atomic mass is 10.1. The van der Waals surface area contributed by atoms with Gasteiger partial charge in [-0.3, -0.25) is 20.4 Å². The van der Waals surface area contributed by atoms with Crippen LogP contribution in [0.1, 0.15) is 15.9 Å². The Balaban J connectivity index is 1.96. The van der Waals surface area contributed by atoms with Gasteiger partial charge in [0.15, 0.2) is 0 Å². The van der Waals surface area contributed by atoms with E-state index >= 15 is 0 Å². The van der Waals surface area contributed by atoms with Gasteiger partial charge in [0.05, 0.1) is 17.0 Å². The normalized spacial score (nSPS) is 10.3. The predicted molar refractivity (Wildman–Crippen MR) is 92.2 cm³/mol. The van der Waals surface area contributed by atoms with Gasteiger partial charge in [-0.2, -0.15) is 0 Å². The molecule has 0 fully saturated rings. The molecule has 0 atom stereocenters. The molecule has 0 aliphatic heterocycles. The molecule has 120 valence electrons. The molecule has 0 saturated heterocycles. The van der Waals surface area contributed by atoms with Gasteiger partial charge >= 0.3 is 0 Å². The molecule has 0 aromatic heterocycles. The van der Waals surface area contributed by atoms with Gasteiger partial charge in [0.2, 0.25) is 5.91 Å². The zero-order chi connectivity index (χ0) is 17.0. The predicted octanol–water partition coefficient (Wildman–Crippen LogP) is 4.30. The first-order valence-corrected chi connectivity index (χ1v) is 7.86. The molecular weight excluding hydrogens is 382 g/mol. The van der Waals surface area contributed by atoms with Gasteiger partial charge < -0.3 is 0 Å². The third-order valence-electron chi connectivity index (χ3n) is 2.85. The molecule has 0 bridgehead atoms. The zero-order valence-electron chi connectivity index (χ0n) is 11.5. The molecule has 2 aromatic carbocycles. The van der Waals surface area contributed by atoms with Crippen LogP contribution >= 0.6 is 46.4 Å². The van der Waals surface area contributed by atoms with Crippen LogP contribution in [0, 0.1) is 0 Å². The number of halogens is 4. The van der Waals surface area contributed by atoms with E-state index in [9.17, 15) is 9.59 Å². The zero-order valence-corrected chi connectivity index (χ0v) is 14.5. The molecule has 0 radical (unpaired) electrons. The van der Waals surface area contributed by atoms with Crippen molar-refractivity contribution in [3.05, 3.63) is 67.6 Å². The average Bonchev–Trinajstić information content (AvgIpc) is 2.50. The fraction of sp³-hybridized carbons (Fsp3) is 0.0667. The highest BCUT2D eigenvalue weighted by Gasteiger charge is 2.13. The van der Waals surface area contributed by atoms with E-state index in [1.165, 1.54) is 18.2 Å². The van der Waals surface area contributed by atoms with Crippen molar-refractivity contribution in [2.75, 3.05) is 0 Å². The largest absolute Gasteiger partial charge is 0.273 e. The van der Waals surface area contributed by atoms with Crippen molar-refractivity contribution in [3.63, 3.8) is 0 Å². The lowest BCUT2D eigenvalue weighted by Crippen LogP contribution is -2.42. The fourth-order valence-electron chi connectivity index (χ4n) is 1.75. The van der Waals surface area contributed by atoms with Crippen LogP contribution in [0.5, 0.6) is 0 Å². The van der Waals surface area contributed by atoms with Crippen molar-refractivity contribution in [2.45, 2.75) is 6.42 Å². The molecule has 0 saturated carbocycles. The Hall–Kier alpha value is -1.46. The summed E-state index contributed by atoms with van der Waals surface area (Å²) >= 11 is 23.5. The summed E-state index contributed by atoms with van der Waals surface area (Å²) < 4.78 is 0. The summed E-state index contributed by atoms with van der Waals surface area (Å²) in [7, 11) is 0. The highest BCUT2D eigenvalue weighted by Crippen LogP contribution is 2.22. The molecule has 2 amide bonds. The first-order chi connectivity index (χ1) is 10.9. The quantitative estimate of drug-likeness (QED) is 0.766. The topological polar surface area (TPSA) is 58.2 Å². The van der Waals surface area contributed by atoms with Crippen molar-refractivity contribution in [1.29, 1.82) is 0 Å². The number of carbonyl (C=O) groups excluding carboxylic acids is 2. The Morgan fingerprint density at radius 3 is 2.17 bits per heavy atom. The summed E-state index contributed by atoms with van der Waals surface area (Å²) in [6.07, 6.45) is -0.0143. The maximum absolute atomic E-state index is 12.0. The molecule has 4 nitrogen and oxygen atoms in total. The highest BCUT2D eigenvalue weighted by molar-refractivity contribution is 6.36. The standard InChI is InChI=1S/C15H10Cl4N2O2/c16-9-3-4-12(18)11(6-9)15(23)21-20-14(22)5-8-1-2-10(17)7-13(8)19/h1-4,6-7H,5H2,(H,20,22)(H,21,23). The Bertz CT molecular complexity index is 765. The van der Waals surface area contributed by atoms with Crippen LogP contribution in [0.15, 0.2) is 36.4 Å². The Kier molecular flexibility index (Phi) is 6.13. The van der Waals surface area contributed by atoms with Crippen LogP contribution in [0.4, 0.5) is 0 Å². The average molecular weight is 392 g/mol. The SMILES string of the molecule is O=C(Cc1ccc(Cl)cc1Cl)NNC(=O)c1cc(Cl)ccc1Cl. The Morgan fingerprint density at radius 1 is 0.826 bits per heavy atom. The Morgan fingerprint density at radius 2 is 1.48 bits per heavy atom. The van der Waals surface area contributed by atoms with Crippen LogP contribution in [0.3, 0.4) is 0 Å². The number of benzene rings is 2. The maximum atomic E-state index is 12.0. The molecule has 0 aliphatic rings. The minimum atomic E-state index is -0.576. The number of hydrogen-bond acceptors (Lipinski definition) is 2. The van der Waals surface area contributed by atoms with Gasteiger partial charge in [-0.25, -0.2) is 0 Å². The van der Waals surface area contributed by atoms with Crippen molar-refractivity contribution in [2.24, 2.45) is 0 Å². The highest BCUT2D eigenvalue weighted by atomic mass is 35.5. The van der Waals surface area contributed by atoms with E-state index in [1.807, 2.05) is 0 Å². The summed E-state index contributed by atoms with van der Waals surface area (Å²) in [5.41, 5.74) is 5.30. The monoisotopic (exact) mass is 390 g/mol. The number of amides is 2. The third-order valence-corrected chi connectivity index (χ3v) is 4.01. The molecule has 2 rings (SSSR count). The van der Waals surface area contributed by atoms with Crippen LogP contribution in [-0.4, -0.2) is 11.8 Å². The van der Waals surface area contributed by atoms with E-state index in [0.717, 1.165) is 0 Å². The Labute approximate surface area is 152 Å². The van der Waals surface area contributed by atoms with E-state index < -0.39 is 11.8 Å². The second kappa shape index (κ2) is 7.88. The first kappa shape index (κ1) is 17.9. The van der Waals surface area contributed by atoms with Gasteiger partial charge in [-0.15, -0.1) is 0 Å². The first-order valence-electron chi connectivity index (χ1n) is 6.35. The molecule has 0 unspecified atom stereocenters. The van der Waals surface area contributed by atoms with E-state index in [4.69, 9.17) is 46.4 Å². The molecule has 0 aliphatic carbocycles. The van der Waals surface area contributed by atoms with Gasteiger partial charge in [0.1, 0.15) is 0 Å². The van der Waals surface area contributed by atoms with Crippen molar-refractivity contribution < 1.29 is 9.59 Å². The molecule has 23 heavy (non-hydrogen) atoms. The second-order valence-electron chi connectivity index (χ2n) is 4.54. The van der Waals surface area contributed by atoms with Gasteiger partial charge in [0, 0.05) is 15.1 Å². The number of nitrogens with one attached hydrogen (secondary N) is 2. The number of carbonyl (C=O) groups is 2. The van der Waals surface area contributed by atoms with Crippen molar-refractivity contribution in [1.82, 2.24) is 10.9 Å². The smallest absolute Gasteiger partial charge is 0.271 e. The third kappa shape index (κ3) is 5.01. The second-order valence-corrected chi connectivity index (χ2v) is 6.23. The molecule has 2 aromatic rings. The van der Waals surface area contributed by atoms with Crippen LogP contribution < -0.4 is 10.9 Å². The van der Waals surface area contributed by atoms with Crippen molar-refractivity contribution in [3.8, 4) is 0 Å². The van der Waals surface area contributed by atoms with E-state index in [2.05, 4.69) is 10.9 Å². The van der Waals surface area contributed by atoms with E-state index in [1.54, 1.807) is 18.2 Å². The van der Waals surface area contributed by atoms with Gasteiger partial charge in [-0.1, -0.05) is 52.5 Å². The lowest BCUT2D eigenvalue weighted by Gasteiger charge is -2.09. The molecule has 8 heteroatoms. The lowest BCUT2D eigenvalue weighted by molar-refractivity contribution is -0.121. The number of hydrazine groups is 1. The van der Waals surface area contributed by atoms with Gasteiger partial charge in [-0.05, 0) is 35.9 Å². The molecular formula is C15H10Cl4N2O2. The van der Waals surface area contributed by atoms with Crippen molar-refractivity contribution >= 4 is 58.2 Å². The minimum Gasteiger partial charge on any atom is -0.273 e. The summed E-state index contributed by atoms with van der Waals surface area (Å²) in [5.74, 6) is -1.02. The van der Waals surface area contributed by atoms with Gasteiger partial charge in [0.25, 0.3) is 5.91 Å². The summed E-state index contributed by atoms with van der Waals surface area (Å²) in [6.45, 7) is 0. The number of rotatable bonds is 3. The fourth-order valence-corrected chi connectivity index (χ4v) is 2.60. The molecule has 0 heterocycles. The molecule has 2 N–H and O–H groups in total.